The van der Waals surface area contributed by atoms with Gasteiger partial charge < -0.3 is 15.6 Å². The van der Waals surface area contributed by atoms with E-state index in [9.17, 15) is 27.2 Å². The molecule has 3 aromatic carbocycles. The molecule has 0 fully saturated rings. The fraction of sp³-hybridized carbons (Fsp3) is 0. The number of aromatic amines is 1. The van der Waals surface area contributed by atoms with Crippen LogP contribution in [0.4, 0.5) is 33.7 Å². The molecule has 0 spiro atoms. The van der Waals surface area contributed by atoms with Crippen LogP contribution in [-0.2, 0) is 0 Å². The first-order valence-electron chi connectivity index (χ1n) is 10.9. The zero-order chi connectivity index (χ0) is 26.1. The van der Waals surface area contributed by atoms with Gasteiger partial charge in [0.15, 0.2) is 23.2 Å². The molecule has 0 aliphatic heterocycles. The summed E-state index contributed by atoms with van der Waals surface area (Å²) in [6, 6.07) is 14.3. The Balaban J connectivity index is 1.38. The molecule has 0 saturated carbocycles. The molecule has 10 heteroatoms. The number of hydrogen-bond donors (Lipinski definition) is 3. The Bertz CT molecular complexity index is 1670. The van der Waals surface area contributed by atoms with Crippen molar-refractivity contribution in [2.45, 2.75) is 0 Å². The number of carbonyl (C=O) groups excluding carboxylic acids is 2. The van der Waals surface area contributed by atoms with Crippen LogP contribution < -0.4 is 10.6 Å². The summed E-state index contributed by atoms with van der Waals surface area (Å²) in [5.41, 5.74) is 2.13. The molecule has 0 saturated heterocycles. The van der Waals surface area contributed by atoms with E-state index in [4.69, 9.17) is 0 Å². The van der Waals surface area contributed by atoms with Crippen LogP contribution in [0.3, 0.4) is 0 Å². The minimum Gasteiger partial charge on any atom is -0.345 e. The van der Waals surface area contributed by atoms with Gasteiger partial charge in [-0.2, -0.15) is 0 Å². The van der Waals surface area contributed by atoms with E-state index >= 15 is 0 Å². The molecule has 184 valence electrons. The van der Waals surface area contributed by atoms with Crippen LogP contribution in [0.1, 0.15) is 15.9 Å². The van der Waals surface area contributed by atoms with Crippen molar-refractivity contribution >= 4 is 34.2 Å². The summed E-state index contributed by atoms with van der Waals surface area (Å²) in [5, 5.41) is 5.08. The van der Waals surface area contributed by atoms with Gasteiger partial charge in [-0.15, -0.1) is 0 Å². The van der Waals surface area contributed by atoms with Crippen LogP contribution >= 0.6 is 0 Å². The molecule has 2 aromatic heterocycles. The lowest BCUT2D eigenvalue weighted by molar-refractivity contribution is 0.104. The Morgan fingerprint density at radius 3 is 2.38 bits per heavy atom. The summed E-state index contributed by atoms with van der Waals surface area (Å²) in [4.78, 5) is 32.9. The Kier molecular flexibility index (Phi) is 6.14. The second kappa shape index (κ2) is 9.57. The van der Waals surface area contributed by atoms with Gasteiger partial charge in [0.25, 0.3) is 0 Å². The topological polar surface area (TPSA) is 86.9 Å². The maximum absolute atomic E-state index is 13.8. The number of aromatic nitrogens is 2. The molecule has 0 aliphatic rings. The van der Waals surface area contributed by atoms with Gasteiger partial charge in [0, 0.05) is 40.2 Å². The third-order valence-electron chi connectivity index (χ3n) is 5.62. The van der Waals surface area contributed by atoms with Gasteiger partial charge in [-0.05, 0) is 48.0 Å². The molecule has 0 atom stereocenters. The molecule has 5 rings (SSSR count). The molecular formula is C27H16F4N4O2. The summed E-state index contributed by atoms with van der Waals surface area (Å²) in [6.07, 6.45) is 3.13. The van der Waals surface area contributed by atoms with Gasteiger partial charge in [-0.3, -0.25) is 4.79 Å². The molecule has 2 heterocycles. The minimum absolute atomic E-state index is 0.205. The van der Waals surface area contributed by atoms with Crippen LogP contribution in [-0.4, -0.2) is 21.8 Å². The zero-order valence-electron chi connectivity index (χ0n) is 18.8. The van der Waals surface area contributed by atoms with Crippen molar-refractivity contribution in [3.63, 3.8) is 0 Å². The highest BCUT2D eigenvalue weighted by Crippen LogP contribution is 2.27. The van der Waals surface area contributed by atoms with Crippen molar-refractivity contribution in [2.75, 3.05) is 10.6 Å². The average Bonchev–Trinajstić information content (AvgIpc) is 3.32. The second-order valence-corrected chi connectivity index (χ2v) is 8.04. The maximum atomic E-state index is 13.8. The van der Waals surface area contributed by atoms with E-state index in [-0.39, 0.29) is 22.9 Å². The molecule has 6 nitrogen and oxygen atoms in total. The van der Waals surface area contributed by atoms with Crippen molar-refractivity contribution in [3.8, 4) is 11.1 Å². The number of ketones is 1. The van der Waals surface area contributed by atoms with Gasteiger partial charge in [-0.1, -0.05) is 24.3 Å². The number of halogens is 4. The number of pyridine rings is 1. The third-order valence-corrected chi connectivity index (χ3v) is 5.62. The SMILES string of the molecule is O=C(Nc1cccc(C(=O)c2c[nH]c3ncc(-c4ccc(F)cc4)cc23)c1)Nc1ccc(F)c(F)c1F. The Morgan fingerprint density at radius 2 is 1.59 bits per heavy atom. The molecule has 0 radical (unpaired) electrons. The largest absolute Gasteiger partial charge is 0.345 e. The number of hydrogen-bond acceptors (Lipinski definition) is 3. The lowest BCUT2D eigenvalue weighted by Gasteiger charge is -2.10. The third kappa shape index (κ3) is 4.76. The lowest BCUT2D eigenvalue weighted by Crippen LogP contribution is -2.20. The molecule has 5 aromatic rings. The lowest BCUT2D eigenvalue weighted by atomic mass is 10.0. The monoisotopic (exact) mass is 504 g/mol. The Hall–Kier alpha value is -4.99. The van der Waals surface area contributed by atoms with Gasteiger partial charge in [-0.25, -0.2) is 27.3 Å². The van der Waals surface area contributed by atoms with E-state index in [0.29, 0.717) is 28.2 Å². The second-order valence-electron chi connectivity index (χ2n) is 8.04. The standard InChI is InChI=1S/C27H16F4N4O2/c28-17-6-4-14(5-7-17)16-11-19-20(13-33-26(19)32-12-16)25(36)15-2-1-3-18(10-15)34-27(37)35-22-9-8-21(29)23(30)24(22)31/h1-13H,(H,32,33)(H2,34,35,37). The highest BCUT2D eigenvalue weighted by Gasteiger charge is 2.18. The summed E-state index contributed by atoms with van der Waals surface area (Å²) >= 11 is 0. The van der Waals surface area contributed by atoms with Crippen LogP contribution in [0.25, 0.3) is 22.2 Å². The average molecular weight is 504 g/mol. The smallest absolute Gasteiger partial charge is 0.323 e. The van der Waals surface area contributed by atoms with E-state index in [1.165, 1.54) is 36.5 Å². The van der Waals surface area contributed by atoms with Crippen molar-refractivity contribution in [2.24, 2.45) is 0 Å². The van der Waals surface area contributed by atoms with Crippen LogP contribution in [0.5, 0.6) is 0 Å². The molecule has 3 N–H and O–H groups in total. The summed E-state index contributed by atoms with van der Waals surface area (Å²) in [7, 11) is 0. The Morgan fingerprint density at radius 1 is 0.811 bits per heavy atom. The van der Waals surface area contributed by atoms with Crippen molar-refractivity contribution in [3.05, 3.63) is 114 Å². The first-order chi connectivity index (χ1) is 17.8. The van der Waals surface area contributed by atoms with Gasteiger partial charge in [0.05, 0.1) is 5.69 Å². The number of anilines is 2. The molecule has 0 bridgehead atoms. The quantitative estimate of drug-likeness (QED) is 0.142. The molecule has 37 heavy (non-hydrogen) atoms. The van der Waals surface area contributed by atoms with E-state index in [0.717, 1.165) is 11.6 Å². The van der Waals surface area contributed by atoms with E-state index < -0.39 is 29.2 Å². The fourth-order valence-electron chi connectivity index (χ4n) is 3.79. The van der Waals surface area contributed by atoms with E-state index in [1.807, 2.05) is 0 Å². The normalized spacial score (nSPS) is 10.9. The summed E-state index contributed by atoms with van der Waals surface area (Å²) in [5.74, 6) is -5.35. The molecular weight excluding hydrogens is 488 g/mol. The number of fused-ring (bicyclic) bond motifs is 1. The predicted octanol–water partition coefficient (Wildman–Crippen LogP) is 6.66. The van der Waals surface area contributed by atoms with Gasteiger partial charge in [0.2, 0.25) is 0 Å². The number of nitrogens with zero attached hydrogens (tertiary/aromatic N) is 1. The van der Waals surface area contributed by atoms with Crippen LogP contribution in [0, 0.1) is 23.3 Å². The fourth-order valence-corrected chi connectivity index (χ4v) is 3.79. The molecule has 2 amide bonds. The first kappa shape index (κ1) is 23.7. The van der Waals surface area contributed by atoms with Gasteiger partial charge >= 0.3 is 6.03 Å². The number of H-pyrrole nitrogens is 1. The molecule has 0 aliphatic carbocycles. The highest BCUT2D eigenvalue weighted by atomic mass is 19.2. The first-order valence-corrected chi connectivity index (χ1v) is 10.9. The zero-order valence-corrected chi connectivity index (χ0v) is 18.8. The van der Waals surface area contributed by atoms with E-state index in [2.05, 4.69) is 20.6 Å². The van der Waals surface area contributed by atoms with Crippen LogP contribution in [0.2, 0.25) is 0 Å². The van der Waals surface area contributed by atoms with Crippen molar-refractivity contribution in [1.29, 1.82) is 0 Å². The Labute approximate surface area is 207 Å². The maximum Gasteiger partial charge on any atom is 0.323 e. The van der Waals surface area contributed by atoms with Crippen LogP contribution in [0.15, 0.2) is 79.1 Å². The van der Waals surface area contributed by atoms with E-state index in [1.54, 1.807) is 30.5 Å². The number of benzene rings is 3. The number of nitrogens with one attached hydrogen (secondary N) is 3. The summed E-state index contributed by atoms with van der Waals surface area (Å²) < 4.78 is 53.7. The number of rotatable bonds is 5. The highest BCUT2D eigenvalue weighted by molar-refractivity contribution is 6.16. The predicted molar refractivity (Wildman–Crippen MR) is 130 cm³/mol. The number of urea groups is 1. The van der Waals surface area contributed by atoms with Crippen molar-refractivity contribution in [1.82, 2.24) is 9.97 Å². The minimum atomic E-state index is -1.71. The molecule has 0 unspecified atom stereocenters. The number of carbonyl (C=O) groups is 2. The number of amides is 2. The van der Waals surface area contributed by atoms with Crippen molar-refractivity contribution < 1.29 is 27.2 Å². The summed E-state index contributed by atoms with van der Waals surface area (Å²) in [6.45, 7) is 0. The van der Waals surface area contributed by atoms with Gasteiger partial charge in [0.1, 0.15) is 11.5 Å².